The minimum atomic E-state index is -0.514. The van der Waals surface area contributed by atoms with Gasteiger partial charge < -0.3 is 0 Å². The number of hydrogen-bond acceptors (Lipinski definition) is 4. The third-order valence-electron chi connectivity index (χ3n) is 3.49. The van der Waals surface area contributed by atoms with Crippen LogP contribution in [0.4, 0.5) is 5.69 Å². The fraction of sp³-hybridized carbons (Fsp3) is 0. The van der Waals surface area contributed by atoms with Crippen LogP contribution >= 0.6 is 0 Å². The number of carbonyl (C=O) groups is 1. The lowest BCUT2D eigenvalue weighted by Crippen LogP contribution is -2.17. The first-order chi connectivity index (χ1) is 11.6. The molecule has 0 heterocycles. The summed E-state index contributed by atoms with van der Waals surface area (Å²) in [5.41, 5.74) is 3.50. The van der Waals surface area contributed by atoms with Crippen molar-refractivity contribution in [1.29, 1.82) is 0 Å². The number of hydrazone groups is 1. The highest BCUT2D eigenvalue weighted by Gasteiger charge is 2.08. The lowest BCUT2D eigenvalue weighted by atomic mass is 10.1. The van der Waals surface area contributed by atoms with Crippen LogP contribution in [0.25, 0.3) is 10.8 Å². The molecule has 6 heteroatoms. The molecule has 0 unspecified atom stereocenters. The Morgan fingerprint density at radius 2 is 1.71 bits per heavy atom. The lowest BCUT2D eigenvalue weighted by molar-refractivity contribution is -0.384. The van der Waals surface area contributed by atoms with Crippen molar-refractivity contribution >= 4 is 28.6 Å². The van der Waals surface area contributed by atoms with Crippen molar-refractivity contribution in [2.24, 2.45) is 5.10 Å². The van der Waals surface area contributed by atoms with E-state index in [9.17, 15) is 14.9 Å². The molecule has 0 aliphatic rings. The molecule has 3 rings (SSSR count). The summed E-state index contributed by atoms with van der Waals surface area (Å²) >= 11 is 0. The third kappa shape index (κ3) is 3.44. The van der Waals surface area contributed by atoms with E-state index in [1.54, 1.807) is 6.21 Å². The van der Waals surface area contributed by atoms with Crippen molar-refractivity contribution in [3.8, 4) is 0 Å². The van der Waals surface area contributed by atoms with Crippen LogP contribution in [0, 0.1) is 10.1 Å². The molecule has 24 heavy (non-hydrogen) atoms. The molecule has 118 valence electrons. The Balaban J connectivity index is 1.68. The molecule has 0 spiro atoms. The van der Waals surface area contributed by atoms with E-state index in [0.717, 1.165) is 16.3 Å². The van der Waals surface area contributed by atoms with Crippen molar-refractivity contribution in [2.75, 3.05) is 0 Å². The van der Waals surface area contributed by atoms with E-state index < -0.39 is 10.8 Å². The number of benzene rings is 3. The molecule has 3 aromatic carbocycles. The summed E-state index contributed by atoms with van der Waals surface area (Å²) < 4.78 is 0. The molecular weight excluding hydrogens is 306 g/mol. The van der Waals surface area contributed by atoms with Crippen molar-refractivity contribution in [1.82, 2.24) is 5.43 Å². The molecule has 0 aromatic heterocycles. The number of nitrogens with one attached hydrogen (secondary N) is 1. The Morgan fingerprint density at radius 1 is 1.00 bits per heavy atom. The van der Waals surface area contributed by atoms with Crippen LogP contribution in [0.3, 0.4) is 0 Å². The van der Waals surface area contributed by atoms with Gasteiger partial charge in [0.2, 0.25) is 0 Å². The first-order valence-electron chi connectivity index (χ1n) is 7.20. The third-order valence-corrected chi connectivity index (χ3v) is 3.49. The minimum absolute atomic E-state index is 0.0637. The Morgan fingerprint density at radius 3 is 2.42 bits per heavy atom. The molecule has 3 aromatic rings. The fourth-order valence-corrected chi connectivity index (χ4v) is 2.25. The van der Waals surface area contributed by atoms with E-state index in [-0.39, 0.29) is 5.69 Å². The van der Waals surface area contributed by atoms with Gasteiger partial charge in [-0.15, -0.1) is 0 Å². The molecule has 1 N–H and O–H groups in total. The first-order valence-corrected chi connectivity index (χ1v) is 7.20. The molecule has 0 saturated carbocycles. The van der Waals surface area contributed by atoms with Gasteiger partial charge in [-0.25, -0.2) is 5.43 Å². The van der Waals surface area contributed by atoms with E-state index >= 15 is 0 Å². The van der Waals surface area contributed by atoms with Crippen molar-refractivity contribution in [3.05, 3.63) is 88.0 Å². The summed E-state index contributed by atoms with van der Waals surface area (Å²) in [7, 11) is 0. The van der Waals surface area contributed by atoms with Gasteiger partial charge in [0.15, 0.2) is 0 Å². The number of amides is 1. The van der Waals surface area contributed by atoms with Gasteiger partial charge in [0.25, 0.3) is 11.6 Å². The number of hydrogen-bond donors (Lipinski definition) is 1. The highest BCUT2D eigenvalue weighted by Crippen LogP contribution is 2.14. The predicted molar refractivity (Wildman–Crippen MR) is 92.1 cm³/mol. The monoisotopic (exact) mass is 319 g/mol. The van der Waals surface area contributed by atoms with Crippen LogP contribution in [0.5, 0.6) is 0 Å². The van der Waals surface area contributed by atoms with Crippen molar-refractivity contribution in [3.63, 3.8) is 0 Å². The number of carbonyl (C=O) groups excluding carboxylic acids is 1. The standard InChI is InChI=1S/C18H13N3O3/c22-18(15-7-9-17(10-8-15)21(23)24)20-19-12-13-5-6-14-3-1-2-4-16(14)11-13/h1-12H,(H,20,22)/b19-12-. The van der Waals surface area contributed by atoms with E-state index in [0.29, 0.717) is 5.56 Å². The summed E-state index contributed by atoms with van der Waals surface area (Å²) in [6.45, 7) is 0. The van der Waals surface area contributed by atoms with Gasteiger partial charge in [-0.3, -0.25) is 14.9 Å². The molecule has 0 aliphatic heterocycles. The molecular formula is C18H13N3O3. The van der Waals surface area contributed by atoms with Gasteiger partial charge in [0, 0.05) is 17.7 Å². The van der Waals surface area contributed by atoms with E-state index in [4.69, 9.17) is 0 Å². The average molecular weight is 319 g/mol. The first kappa shape index (κ1) is 15.4. The maximum Gasteiger partial charge on any atom is 0.271 e. The van der Waals surface area contributed by atoms with Gasteiger partial charge in [0.05, 0.1) is 11.1 Å². The fourth-order valence-electron chi connectivity index (χ4n) is 2.25. The normalized spacial score (nSPS) is 10.8. The van der Waals surface area contributed by atoms with Crippen molar-refractivity contribution < 1.29 is 9.72 Å². The maximum absolute atomic E-state index is 11.9. The zero-order chi connectivity index (χ0) is 16.9. The summed E-state index contributed by atoms with van der Waals surface area (Å²) in [5, 5.41) is 16.7. The Kier molecular flexibility index (Phi) is 4.29. The van der Waals surface area contributed by atoms with Gasteiger partial charge in [0.1, 0.15) is 0 Å². The topological polar surface area (TPSA) is 84.6 Å². The second kappa shape index (κ2) is 6.70. The average Bonchev–Trinajstić information content (AvgIpc) is 2.61. The molecule has 0 saturated heterocycles. The van der Waals surface area contributed by atoms with Crippen LogP contribution in [-0.2, 0) is 0 Å². The smallest absolute Gasteiger partial charge is 0.267 e. The van der Waals surface area contributed by atoms with Crippen LogP contribution in [0.1, 0.15) is 15.9 Å². The van der Waals surface area contributed by atoms with Crippen LogP contribution < -0.4 is 5.43 Å². The number of rotatable bonds is 4. The molecule has 1 amide bonds. The molecule has 0 aliphatic carbocycles. The number of nitro groups is 1. The Labute approximate surface area is 137 Å². The largest absolute Gasteiger partial charge is 0.271 e. The lowest BCUT2D eigenvalue weighted by Gasteiger charge is -2.01. The summed E-state index contributed by atoms with van der Waals surface area (Å²) in [6.07, 6.45) is 1.55. The molecule has 0 radical (unpaired) electrons. The number of fused-ring (bicyclic) bond motifs is 1. The zero-order valence-electron chi connectivity index (χ0n) is 12.5. The molecule has 0 fully saturated rings. The second-order valence-electron chi connectivity index (χ2n) is 5.11. The van der Waals surface area contributed by atoms with Crippen LogP contribution in [-0.4, -0.2) is 17.0 Å². The quantitative estimate of drug-likeness (QED) is 0.453. The maximum atomic E-state index is 11.9. The number of non-ortho nitro benzene ring substituents is 1. The molecule has 0 atom stereocenters. The number of nitro benzene ring substituents is 1. The zero-order valence-corrected chi connectivity index (χ0v) is 12.5. The van der Waals surface area contributed by atoms with Gasteiger partial charge in [-0.1, -0.05) is 36.4 Å². The van der Waals surface area contributed by atoms with Gasteiger partial charge in [-0.2, -0.15) is 5.10 Å². The van der Waals surface area contributed by atoms with E-state index in [2.05, 4.69) is 10.5 Å². The van der Waals surface area contributed by atoms with Gasteiger partial charge >= 0.3 is 0 Å². The van der Waals surface area contributed by atoms with Crippen LogP contribution in [0.2, 0.25) is 0 Å². The minimum Gasteiger partial charge on any atom is -0.267 e. The molecule has 6 nitrogen and oxygen atoms in total. The summed E-state index contributed by atoms with van der Waals surface area (Å²) in [6, 6.07) is 19.1. The highest BCUT2D eigenvalue weighted by atomic mass is 16.6. The van der Waals surface area contributed by atoms with Gasteiger partial charge in [-0.05, 0) is 34.5 Å². The predicted octanol–water partition coefficient (Wildman–Crippen LogP) is 3.51. The summed E-state index contributed by atoms with van der Waals surface area (Å²) in [5.74, 6) is -0.429. The molecule has 0 bridgehead atoms. The van der Waals surface area contributed by atoms with Crippen molar-refractivity contribution in [2.45, 2.75) is 0 Å². The summed E-state index contributed by atoms with van der Waals surface area (Å²) in [4.78, 5) is 22.0. The Bertz CT molecular complexity index is 934. The van der Waals surface area contributed by atoms with E-state index in [1.165, 1.54) is 24.3 Å². The number of nitrogens with zero attached hydrogens (tertiary/aromatic N) is 2. The SMILES string of the molecule is O=C(N/N=C\c1ccc2ccccc2c1)c1ccc([N+](=O)[O-])cc1. The van der Waals surface area contributed by atoms with E-state index in [1.807, 2.05) is 42.5 Å². The van der Waals surface area contributed by atoms with Crippen LogP contribution in [0.15, 0.2) is 71.8 Å². The Hall–Kier alpha value is -3.54. The highest BCUT2D eigenvalue weighted by molar-refractivity contribution is 5.95. The second-order valence-corrected chi connectivity index (χ2v) is 5.11.